The summed E-state index contributed by atoms with van der Waals surface area (Å²) in [5.41, 5.74) is 15.6. The number of carbonyl (C=O) groups is 4. The molecule has 0 radical (unpaired) electrons. The van der Waals surface area contributed by atoms with Crippen LogP contribution in [0.25, 0.3) is 0 Å². The first-order valence-electron chi connectivity index (χ1n) is 9.29. The van der Waals surface area contributed by atoms with E-state index in [-0.39, 0.29) is 25.3 Å². The summed E-state index contributed by atoms with van der Waals surface area (Å²) in [6, 6.07) is -5.82. The number of guanidine groups is 1. The molecule has 15 nitrogen and oxygen atoms in total. The number of hydrogen-bond donors (Lipinski definition) is 10. The molecule has 15 heteroatoms. The van der Waals surface area contributed by atoms with Crippen LogP contribution in [0.3, 0.4) is 0 Å². The molecule has 0 aromatic carbocycles. The van der Waals surface area contributed by atoms with Gasteiger partial charge in [0, 0.05) is 6.54 Å². The van der Waals surface area contributed by atoms with Gasteiger partial charge in [-0.1, -0.05) is 0 Å². The number of nitrogens with zero attached hydrogens (tertiary/aromatic N) is 1. The monoisotopic (exact) mass is 449 g/mol. The Hall–Kier alpha value is -3.01. The number of aliphatic imine (C=N–C) groups is 1. The van der Waals surface area contributed by atoms with Crippen molar-refractivity contribution >= 4 is 29.7 Å². The third-order valence-corrected chi connectivity index (χ3v) is 3.97. The van der Waals surface area contributed by atoms with Crippen molar-refractivity contribution in [3.8, 4) is 0 Å². The van der Waals surface area contributed by atoms with Gasteiger partial charge in [-0.2, -0.15) is 0 Å². The Labute approximate surface area is 178 Å². The minimum atomic E-state index is -1.59. The van der Waals surface area contributed by atoms with Crippen molar-refractivity contribution in [1.82, 2.24) is 16.0 Å². The number of aliphatic carboxylic acids is 1. The largest absolute Gasteiger partial charge is 0.480 e. The second kappa shape index (κ2) is 14.1. The van der Waals surface area contributed by atoms with Gasteiger partial charge in [0.1, 0.15) is 24.2 Å². The molecule has 0 spiro atoms. The molecule has 5 unspecified atom stereocenters. The molecule has 0 bridgehead atoms. The van der Waals surface area contributed by atoms with Gasteiger partial charge in [-0.05, 0) is 19.8 Å². The Morgan fingerprint density at radius 1 is 0.935 bits per heavy atom. The molecule has 0 aromatic heterocycles. The van der Waals surface area contributed by atoms with Gasteiger partial charge in [0.25, 0.3) is 0 Å². The molecule has 0 aliphatic heterocycles. The van der Waals surface area contributed by atoms with Gasteiger partial charge in [0.2, 0.25) is 17.7 Å². The molecule has 0 saturated carbocycles. The maximum absolute atomic E-state index is 12.4. The van der Waals surface area contributed by atoms with E-state index in [2.05, 4.69) is 20.9 Å². The van der Waals surface area contributed by atoms with E-state index in [1.807, 2.05) is 0 Å². The lowest BCUT2D eigenvalue weighted by Crippen LogP contribution is -2.60. The summed E-state index contributed by atoms with van der Waals surface area (Å²) in [4.78, 5) is 51.5. The SMILES string of the molecule is CC(O)C(NC(=O)C(CO)NC(=O)C(N)CO)C(=O)NC(CCCN=C(N)N)C(=O)O. The Kier molecular flexibility index (Phi) is 12.7. The number of rotatable bonds is 14. The number of amides is 3. The van der Waals surface area contributed by atoms with E-state index >= 15 is 0 Å². The molecule has 31 heavy (non-hydrogen) atoms. The van der Waals surface area contributed by atoms with Gasteiger partial charge in [-0.25, -0.2) is 4.79 Å². The third-order valence-electron chi connectivity index (χ3n) is 3.97. The maximum atomic E-state index is 12.4. The number of hydrogen-bond acceptors (Lipinski definition) is 9. The van der Waals surface area contributed by atoms with Gasteiger partial charge in [0.15, 0.2) is 5.96 Å². The van der Waals surface area contributed by atoms with Crippen LogP contribution in [0, 0.1) is 0 Å². The average molecular weight is 449 g/mol. The third kappa shape index (κ3) is 10.5. The van der Waals surface area contributed by atoms with Crippen LogP contribution in [-0.2, 0) is 19.2 Å². The topological polar surface area (TPSA) is 276 Å². The van der Waals surface area contributed by atoms with Crippen molar-refractivity contribution in [2.75, 3.05) is 19.8 Å². The first-order chi connectivity index (χ1) is 14.4. The Morgan fingerprint density at radius 2 is 1.52 bits per heavy atom. The van der Waals surface area contributed by atoms with E-state index in [9.17, 15) is 34.5 Å². The predicted molar refractivity (Wildman–Crippen MR) is 107 cm³/mol. The summed E-state index contributed by atoms with van der Waals surface area (Å²) in [6.07, 6.45) is -1.26. The zero-order valence-electron chi connectivity index (χ0n) is 17.0. The standard InChI is InChI=1S/C16H31N7O8/c1-7(26)11(23-13(28)10(6-25)22-12(27)8(17)5-24)14(29)21-9(15(30)31)3-2-4-20-16(18)19/h7-11,24-26H,2-6,17H2,1H3,(H,21,29)(H,22,27)(H,23,28)(H,30,31)(H4,18,19,20). The van der Waals surface area contributed by atoms with Crippen molar-refractivity contribution in [1.29, 1.82) is 0 Å². The van der Waals surface area contributed by atoms with Crippen molar-refractivity contribution < 1.29 is 39.6 Å². The number of carboxylic acids is 1. The first-order valence-corrected chi connectivity index (χ1v) is 9.29. The van der Waals surface area contributed by atoms with E-state index in [0.29, 0.717) is 0 Å². The first kappa shape index (κ1) is 28.0. The average Bonchev–Trinajstić information content (AvgIpc) is 2.70. The zero-order valence-corrected chi connectivity index (χ0v) is 17.0. The lowest BCUT2D eigenvalue weighted by Gasteiger charge is -2.25. The fourth-order valence-electron chi connectivity index (χ4n) is 2.24. The fraction of sp³-hybridized carbons (Fsp3) is 0.688. The van der Waals surface area contributed by atoms with E-state index in [4.69, 9.17) is 22.3 Å². The molecule has 0 heterocycles. The maximum Gasteiger partial charge on any atom is 0.326 e. The molecule has 0 aliphatic rings. The van der Waals surface area contributed by atoms with Crippen LogP contribution in [-0.4, -0.2) is 100 Å². The summed E-state index contributed by atoms with van der Waals surface area (Å²) < 4.78 is 0. The lowest BCUT2D eigenvalue weighted by molar-refractivity contribution is -0.143. The molecule has 0 fully saturated rings. The minimum Gasteiger partial charge on any atom is -0.480 e. The van der Waals surface area contributed by atoms with Gasteiger partial charge < -0.3 is 53.6 Å². The Morgan fingerprint density at radius 3 is 1.97 bits per heavy atom. The van der Waals surface area contributed by atoms with Crippen LogP contribution in [0.1, 0.15) is 19.8 Å². The number of carboxylic acid groups (broad SMARTS) is 1. The second-order valence-electron chi connectivity index (χ2n) is 6.61. The van der Waals surface area contributed by atoms with Gasteiger partial charge in [-0.15, -0.1) is 0 Å². The molecule has 0 aliphatic carbocycles. The van der Waals surface area contributed by atoms with Crippen LogP contribution in [0.5, 0.6) is 0 Å². The molecule has 0 rings (SSSR count). The van der Waals surface area contributed by atoms with Crippen molar-refractivity contribution in [2.24, 2.45) is 22.2 Å². The van der Waals surface area contributed by atoms with Gasteiger partial charge >= 0.3 is 5.97 Å². The lowest BCUT2D eigenvalue weighted by atomic mass is 10.1. The van der Waals surface area contributed by atoms with Crippen molar-refractivity contribution in [2.45, 2.75) is 50.0 Å². The molecular formula is C16H31N7O8. The fourth-order valence-corrected chi connectivity index (χ4v) is 2.24. The quantitative estimate of drug-likeness (QED) is 0.0677. The normalized spacial score (nSPS) is 15.5. The highest BCUT2D eigenvalue weighted by atomic mass is 16.4. The predicted octanol–water partition coefficient (Wildman–Crippen LogP) is -5.73. The Balaban J connectivity index is 5.11. The summed E-state index contributed by atoms with van der Waals surface area (Å²) in [7, 11) is 0. The highest BCUT2D eigenvalue weighted by molar-refractivity contribution is 5.94. The van der Waals surface area contributed by atoms with Crippen LogP contribution in [0.2, 0.25) is 0 Å². The number of nitrogens with one attached hydrogen (secondary N) is 3. The van der Waals surface area contributed by atoms with Gasteiger partial charge in [-0.3, -0.25) is 19.4 Å². The van der Waals surface area contributed by atoms with E-state index in [1.54, 1.807) is 0 Å². The number of carbonyl (C=O) groups excluding carboxylic acids is 3. The van der Waals surface area contributed by atoms with E-state index < -0.39 is 67.2 Å². The van der Waals surface area contributed by atoms with Crippen molar-refractivity contribution in [3.05, 3.63) is 0 Å². The van der Waals surface area contributed by atoms with Crippen LogP contribution in [0.15, 0.2) is 4.99 Å². The Bertz CT molecular complexity index is 654. The smallest absolute Gasteiger partial charge is 0.326 e. The van der Waals surface area contributed by atoms with E-state index in [0.717, 1.165) is 0 Å². The highest BCUT2D eigenvalue weighted by Gasteiger charge is 2.32. The van der Waals surface area contributed by atoms with Crippen LogP contribution < -0.4 is 33.2 Å². The number of aliphatic hydroxyl groups is 3. The number of aliphatic hydroxyl groups excluding tert-OH is 3. The molecule has 5 atom stereocenters. The van der Waals surface area contributed by atoms with Crippen LogP contribution >= 0.6 is 0 Å². The molecule has 178 valence electrons. The zero-order chi connectivity index (χ0) is 24.1. The minimum absolute atomic E-state index is 0.0350. The summed E-state index contributed by atoms with van der Waals surface area (Å²) in [5, 5.41) is 43.7. The van der Waals surface area contributed by atoms with Gasteiger partial charge in [0.05, 0.1) is 19.3 Å². The highest BCUT2D eigenvalue weighted by Crippen LogP contribution is 2.02. The second-order valence-corrected chi connectivity index (χ2v) is 6.61. The van der Waals surface area contributed by atoms with Crippen LogP contribution in [0.4, 0.5) is 0 Å². The summed E-state index contributed by atoms with van der Waals surface area (Å²) in [6.45, 7) is -0.268. The molecule has 0 saturated heterocycles. The molecule has 0 aromatic rings. The summed E-state index contributed by atoms with van der Waals surface area (Å²) >= 11 is 0. The van der Waals surface area contributed by atoms with Crippen molar-refractivity contribution in [3.63, 3.8) is 0 Å². The molecular weight excluding hydrogens is 418 g/mol. The van der Waals surface area contributed by atoms with E-state index in [1.165, 1.54) is 6.92 Å². The molecule has 13 N–H and O–H groups in total. The molecule has 3 amide bonds. The summed E-state index contributed by atoms with van der Waals surface area (Å²) in [5.74, 6) is -4.50. The number of nitrogens with two attached hydrogens (primary N) is 3.